The van der Waals surface area contributed by atoms with Crippen LogP contribution in [0.2, 0.25) is 0 Å². The molecule has 0 aliphatic rings. The average Bonchev–Trinajstić information content (AvgIpc) is 3.05. The lowest BCUT2D eigenvalue weighted by molar-refractivity contribution is 0.213. The summed E-state index contributed by atoms with van der Waals surface area (Å²) in [5, 5.41) is 14.8. The Balaban J connectivity index is 2.08. The highest BCUT2D eigenvalue weighted by Gasteiger charge is 2.19. The van der Waals surface area contributed by atoms with Gasteiger partial charge in [0.1, 0.15) is 0 Å². The molecule has 0 aliphatic carbocycles. The van der Waals surface area contributed by atoms with E-state index in [1.807, 2.05) is 49.6 Å². The number of nitrogens with two attached hydrogens (primary N) is 1. The largest absolute Gasteiger partial charge is 0.399 e. The van der Waals surface area contributed by atoms with Crippen molar-refractivity contribution in [1.82, 2.24) is 19.5 Å². The first-order valence-electron chi connectivity index (χ1n) is 8.37. The monoisotopic (exact) mass is 341 g/mol. The fourth-order valence-electron chi connectivity index (χ4n) is 2.43. The quantitative estimate of drug-likeness (QED) is 0.467. The zero-order chi connectivity index (χ0) is 18.0. The van der Waals surface area contributed by atoms with Crippen LogP contribution in [0.1, 0.15) is 27.2 Å². The van der Waals surface area contributed by atoms with Gasteiger partial charge in [-0.3, -0.25) is 5.21 Å². The molecule has 0 amide bonds. The molecule has 0 aliphatic heterocycles. The molecule has 25 heavy (non-hydrogen) atoms. The highest BCUT2D eigenvalue weighted by atomic mass is 16.5. The molecule has 3 rings (SSSR count). The summed E-state index contributed by atoms with van der Waals surface area (Å²) < 4.78 is 1.92. The molecule has 0 spiro atoms. The van der Waals surface area contributed by atoms with E-state index in [1.165, 1.54) is 0 Å². The standard InChI is InChI=1S/C17H23N7O/c1-4-11(3)24(25)17-21-15(20-13-8-6-12(18)7-9-13)14-16(22-17)23(5-2)10-19-14/h6-11,25H,4-5,18H2,1-3H3,(H,20,21,22)/t11-/m1/s1. The Labute approximate surface area is 146 Å². The van der Waals surface area contributed by atoms with Crippen LogP contribution in [0, 0.1) is 0 Å². The van der Waals surface area contributed by atoms with Crippen molar-refractivity contribution in [3.05, 3.63) is 30.6 Å². The Hall–Kier alpha value is -2.87. The molecule has 4 N–H and O–H groups in total. The van der Waals surface area contributed by atoms with Crippen molar-refractivity contribution in [3.8, 4) is 0 Å². The molecule has 132 valence electrons. The van der Waals surface area contributed by atoms with E-state index < -0.39 is 0 Å². The van der Waals surface area contributed by atoms with Crippen LogP contribution in [0.25, 0.3) is 11.2 Å². The zero-order valence-electron chi connectivity index (χ0n) is 14.6. The second-order valence-electron chi connectivity index (χ2n) is 5.92. The Morgan fingerprint density at radius 3 is 2.60 bits per heavy atom. The van der Waals surface area contributed by atoms with Crippen molar-refractivity contribution in [1.29, 1.82) is 0 Å². The van der Waals surface area contributed by atoms with Gasteiger partial charge in [-0.15, -0.1) is 0 Å². The molecule has 2 aromatic heterocycles. The molecular weight excluding hydrogens is 318 g/mol. The highest BCUT2D eigenvalue weighted by molar-refractivity contribution is 5.86. The van der Waals surface area contributed by atoms with E-state index in [0.717, 1.165) is 23.7 Å². The number of hydrogen-bond acceptors (Lipinski definition) is 7. The maximum absolute atomic E-state index is 10.4. The van der Waals surface area contributed by atoms with Crippen LogP contribution in [0.3, 0.4) is 0 Å². The summed E-state index contributed by atoms with van der Waals surface area (Å²) in [7, 11) is 0. The summed E-state index contributed by atoms with van der Waals surface area (Å²) in [4.78, 5) is 13.4. The maximum atomic E-state index is 10.4. The van der Waals surface area contributed by atoms with Crippen molar-refractivity contribution in [2.75, 3.05) is 16.1 Å². The van der Waals surface area contributed by atoms with Gasteiger partial charge in [-0.2, -0.15) is 9.97 Å². The van der Waals surface area contributed by atoms with Crippen LogP contribution in [0.4, 0.5) is 23.1 Å². The second-order valence-corrected chi connectivity index (χ2v) is 5.92. The second kappa shape index (κ2) is 6.94. The molecule has 0 saturated heterocycles. The van der Waals surface area contributed by atoms with Crippen LogP contribution in [0.15, 0.2) is 30.6 Å². The summed E-state index contributed by atoms with van der Waals surface area (Å²) in [6, 6.07) is 7.25. The van der Waals surface area contributed by atoms with Crippen molar-refractivity contribution in [3.63, 3.8) is 0 Å². The number of benzene rings is 1. The van der Waals surface area contributed by atoms with Crippen molar-refractivity contribution in [2.24, 2.45) is 0 Å². The van der Waals surface area contributed by atoms with Gasteiger partial charge in [-0.1, -0.05) is 6.92 Å². The third kappa shape index (κ3) is 3.34. The summed E-state index contributed by atoms with van der Waals surface area (Å²) in [5.74, 6) is 0.786. The van der Waals surface area contributed by atoms with E-state index in [0.29, 0.717) is 22.7 Å². The third-order valence-corrected chi connectivity index (χ3v) is 4.18. The van der Waals surface area contributed by atoms with Gasteiger partial charge in [-0.25, -0.2) is 10.0 Å². The molecule has 0 fully saturated rings. The number of anilines is 4. The molecule has 1 aromatic carbocycles. The topological polar surface area (TPSA) is 105 Å². The van der Waals surface area contributed by atoms with Crippen LogP contribution in [-0.2, 0) is 6.54 Å². The minimum Gasteiger partial charge on any atom is -0.399 e. The smallest absolute Gasteiger partial charge is 0.253 e. The Morgan fingerprint density at radius 2 is 1.96 bits per heavy atom. The predicted octanol–water partition coefficient (Wildman–Crippen LogP) is 3.17. The first-order valence-corrected chi connectivity index (χ1v) is 8.37. The van der Waals surface area contributed by atoms with E-state index >= 15 is 0 Å². The molecule has 2 heterocycles. The Morgan fingerprint density at radius 1 is 1.24 bits per heavy atom. The number of aryl methyl sites for hydroxylation is 1. The highest BCUT2D eigenvalue weighted by Crippen LogP contribution is 2.26. The van der Waals surface area contributed by atoms with Gasteiger partial charge in [-0.05, 0) is 44.5 Å². The minimum atomic E-state index is -0.0974. The number of fused-ring (bicyclic) bond motifs is 1. The predicted molar refractivity (Wildman–Crippen MR) is 99.2 cm³/mol. The number of rotatable bonds is 6. The average molecular weight is 341 g/mol. The van der Waals surface area contributed by atoms with E-state index in [9.17, 15) is 5.21 Å². The SMILES string of the molecule is CC[C@@H](C)N(O)c1nc(Nc2ccc(N)cc2)c2ncn(CC)c2n1. The fraction of sp³-hybridized carbons (Fsp3) is 0.353. The van der Waals surface area contributed by atoms with Crippen LogP contribution < -0.4 is 16.1 Å². The number of nitrogens with zero attached hydrogens (tertiary/aromatic N) is 5. The normalized spacial score (nSPS) is 12.3. The summed E-state index contributed by atoms with van der Waals surface area (Å²) in [5.41, 5.74) is 8.58. The van der Waals surface area contributed by atoms with Gasteiger partial charge in [0.25, 0.3) is 5.95 Å². The van der Waals surface area contributed by atoms with E-state index in [1.54, 1.807) is 6.33 Å². The van der Waals surface area contributed by atoms with Gasteiger partial charge < -0.3 is 15.6 Å². The molecule has 1 atom stereocenters. The molecule has 0 saturated carbocycles. The minimum absolute atomic E-state index is 0.0974. The first kappa shape index (κ1) is 17.0. The van der Waals surface area contributed by atoms with Crippen LogP contribution >= 0.6 is 0 Å². The lowest BCUT2D eigenvalue weighted by atomic mass is 10.2. The number of imidazole rings is 1. The van der Waals surface area contributed by atoms with Crippen molar-refractivity contribution in [2.45, 2.75) is 39.8 Å². The summed E-state index contributed by atoms with van der Waals surface area (Å²) >= 11 is 0. The summed E-state index contributed by atoms with van der Waals surface area (Å²) in [6.07, 6.45) is 2.49. The molecule has 3 aromatic rings. The first-order chi connectivity index (χ1) is 12.0. The van der Waals surface area contributed by atoms with Gasteiger partial charge in [0.2, 0.25) is 0 Å². The lowest BCUT2D eigenvalue weighted by Gasteiger charge is -2.21. The Bertz CT molecular complexity index is 859. The van der Waals surface area contributed by atoms with E-state index in [-0.39, 0.29) is 12.0 Å². The van der Waals surface area contributed by atoms with Crippen molar-refractivity contribution < 1.29 is 5.21 Å². The van der Waals surface area contributed by atoms with E-state index in [2.05, 4.69) is 20.3 Å². The van der Waals surface area contributed by atoms with Crippen LogP contribution in [0.5, 0.6) is 0 Å². The third-order valence-electron chi connectivity index (χ3n) is 4.18. The number of hydrogen-bond donors (Lipinski definition) is 3. The molecule has 0 radical (unpaired) electrons. The van der Waals surface area contributed by atoms with Crippen LogP contribution in [-0.4, -0.2) is 30.8 Å². The lowest BCUT2D eigenvalue weighted by Crippen LogP contribution is -2.30. The number of nitrogen functional groups attached to an aromatic ring is 1. The zero-order valence-corrected chi connectivity index (χ0v) is 14.6. The number of aromatic nitrogens is 4. The maximum Gasteiger partial charge on any atom is 0.253 e. The molecule has 8 heteroatoms. The Kier molecular flexibility index (Phi) is 4.71. The van der Waals surface area contributed by atoms with Gasteiger partial charge in [0.05, 0.1) is 12.4 Å². The van der Waals surface area contributed by atoms with Gasteiger partial charge >= 0.3 is 0 Å². The molecular formula is C17H23N7O. The number of nitrogens with one attached hydrogen (secondary N) is 1. The van der Waals surface area contributed by atoms with Gasteiger partial charge in [0, 0.05) is 17.9 Å². The molecule has 0 bridgehead atoms. The summed E-state index contributed by atoms with van der Waals surface area (Å²) in [6.45, 7) is 6.65. The molecule has 8 nitrogen and oxygen atoms in total. The fourth-order valence-corrected chi connectivity index (χ4v) is 2.43. The van der Waals surface area contributed by atoms with Crippen molar-refractivity contribution >= 4 is 34.3 Å². The van der Waals surface area contributed by atoms with E-state index in [4.69, 9.17) is 5.73 Å². The van der Waals surface area contributed by atoms with Gasteiger partial charge in [0.15, 0.2) is 17.0 Å². The molecule has 0 unspecified atom stereocenters. The number of hydroxylamine groups is 1.